The molecule has 1 aliphatic rings. The van der Waals surface area contributed by atoms with Crippen LogP contribution in [0.2, 0.25) is 0 Å². The predicted molar refractivity (Wildman–Crippen MR) is 109 cm³/mol. The van der Waals surface area contributed by atoms with Gasteiger partial charge in [-0.15, -0.1) is 0 Å². The van der Waals surface area contributed by atoms with Crippen LogP contribution in [0.25, 0.3) is 0 Å². The molecule has 1 unspecified atom stereocenters. The summed E-state index contributed by atoms with van der Waals surface area (Å²) in [5.41, 5.74) is 4.13. The maximum atomic E-state index is 4.52. The monoisotopic (exact) mass is 350 g/mol. The van der Waals surface area contributed by atoms with Crippen LogP contribution in [0.15, 0.2) is 59.6 Å². The van der Waals surface area contributed by atoms with E-state index in [1.165, 1.54) is 23.1 Å². The molecule has 2 aromatic rings. The molecular formula is C22H30N4. The number of guanidine groups is 1. The first-order valence-electron chi connectivity index (χ1n) is 9.39. The summed E-state index contributed by atoms with van der Waals surface area (Å²) in [6.45, 7) is 3.85. The van der Waals surface area contributed by atoms with Crippen molar-refractivity contribution in [3.8, 4) is 0 Å². The van der Waals surface area contributed by atoms with Gasteiger partial charge in [-0.2, -0.15) is 0 Å². The molecule has 2 aromatic carbocycles. The maximum absolute atomic E-state index is 4.52. The molecule has 3 rings (SSSR count). The van der Waals surface area contributed by atoms with Gasteiger partial charge in [0.2, 0.25) is 0 Å². The van der Waals surface area contributed by atoms with Crippen LogP contribution in [-0.4, -0.2) is 50.0 Å². The zero-order valence-electron chi connectivity index (χ0n) is 16.2. The average Bonchev–Trinajstić information content (AvgIpc) is 3.14. The Balaban J connectivity index is 1.61. The Kier molecular flexibility index (Phi) is 6.29. The van der Waals surface area contributed by atoms with E-state index in [1.54, 1.807) is 0 Å². The third-order valence-electron chi connectivity index (χ3n) is 5.01. The third-order valence-corrected chi connectivity index (χ3v) is 5.01. The van der Waals surface area contributed by atoms with Crippen LogP contribution < -0.4 is 5.32 Å². The van der Waals surface area contributed by atoms with Crippen LogP contribution in [0.1, 0.15) is 29.0 Å². The van der Waals surface area contributed by atoms with E-state index >= 15 is 0 Å². The minimum atomic E-state index is 0.593. The Bertz CT molecular complexity index is 724. The van der Waals surface area contributed by atoms with Gasteiger partial charge >= 0.3 is 0 Å². The second-order valence-corrected chi connectivity index (χ2v) is 7.25. The lowest BCUT2D eigenvalue weighted by molar-refractivity contribution is 0.400. The van der Waals surface area contributed by atoms with Crippen molar-refractivity contribution < 1.29 is 0 Å². The maximum Gasteiger partial charge on any atom is 0.193 e. The van der Waals surface area contributed by atoms with Gasteiger partial charge < -0.3 is 15.1 Å². The molecule has 0 radical (unpaired) electrons. The summed E-state index contributed by atoms with van der Waals surface area (Å²) in [5, 5.41) is 3.57. The van der Waals surface area contributed by atoms with E-state index in [-0.39, 0.29) is 0 Å². The number of hydrogen-bond donors (Lipinski definition) is 1. The normalized spacial score (nSPS) is 17.8. The van der Waals surface area contributed by atoms with Gasteiger partial charge in [-0.25, -0.2) is 0 Å². The number of nitrogens with zero attached hydrogens (tertiary/aromatic N) is 3. The predicted octanol–water partition coefficient (Wildman–Crippen LogP) is 3.31. The molecule has 0 spiro atoms. The topological polar surface area (TPSA) is 30.9 Å². The molecule has 138 valence electrons. The molecule has 1 fully saturated rings. The molecule has 0 amide bonds. The number of benzene rings is 2. The number of rotatable bonds is 5. The molecule has 1 atom stereocenters. The number of nitrogens with one attached hydrogen (secondary N) is 1. The Morgan fingerprint density at radius 3 is 2.46 bits per heavy atom. The zero-order chi connectivity index (χ0) is 18.4. The quantitative estimate of drug-likeness (QED) is 0.663. The lowest BCUT2D eigenvalue weighted by atomic mass is 9.99. The first-order valence-corrected chi connectivity index (χ1v) is 9.39. The minimum absolute atomic E-state index is 0.593. The highest BCUT2D eigenvalue weighted by Gasteiger charge is 2.25. The standard InChI is InChI=1S/C22H30N4/c1-23-22(24-15-19-11-7-8-12-20(19)16-25(2)3)26-14-13-21(17-26)18-9-5-4-6-10-18/h4-12,21H,13-17H2,1-3H3,(H,23,24). The van der Waals surface area contributed by atoms with Crippen LogP contribution in [0.4, 0.5) is 0 Å². The number of aliphatic imine (C=N–C) groups is 1. The Labute approximate surface area is 157 Å². The second kappa shape index (κ2) is 8.86. The Morgan fingerprint density at radius 2 is 1.77 bits per heavy atom. The van der Waals surface area contributed by atoms with Gasteiger partial charge in [-0.05, 0) is 37.2 Å². The second-order valence-electron chi connectivity index (χ2n) is 7.25. The van der Waals surface area contributed by atoms with Crippen LogP contribution in [0.5, 0.6) is 0 Å². The summed E-state index contributed by atoms with van der Waals surface area (Å²) in [4.78, 5) is 9.11. The van der Waals surface area contributed by atoms with E-state index in [0.717, 1.165) is 32.1 Å². The van der Waals surface area contributed by atoms with Crippen molar-refractivity contribution in [2.24, 2.45) is 4.99 Å². The average molecular weight is 351 g/mol. The SMILES string of the molecule is CN=C(NCc1ccccc1CN(C)C)N1CCC(c2ccccc2)C1. The fraction of sp³-hybridized carbons (Fsp3) is 0.409. The van der Waals surface area contributed by atoms with Crippen molar-refractivity contribution in [1.82, 2.24) is 15.1 Å². The molecule has 26 heavy (non-hydrogen) atoms. The van der Waals surface area contributed by atoms with E-state index in [2.05, 4.69) is 88.8 Å². The molecule has 1 N–H and O–H groups in total. The zero-order valence-corrected chi connectivity index (χ0v) is 16.2. The first-order chi connectivity index (χ1) is 12.7. The van der Waals surface area contributed by atoms with Gasteiger partial charge in [-0.3, -0.25) is 4.99 Å². The summed E-state index contributed by atoms with van der Waals surface area (Å²) < 4.78 is 0. The molecular weight excluding hydrogens is 320 g/mol. The van der Waals surface area contributed by atoms with Gasteiger partial charge in [0.05, 0.1) is 0 Å². The van der Waals surface area contributed by atoms with Gasteiger partial charge in [0.25, 0.3) is 0 Å². The van der Waals surface area contributed by atoms with E-state index in [0.29, 0.717) is 5.92 Å². The molecule has 0 aromatic heterocycles. The van der Waals surface area contributed by atoms with E-state index in [1.807, 2.05) is 7.05 Å². The van der Waals surface area contributed by atoms with Crippen molar-refractivity contribution in [1.29, 1.82) is 0 Å². The molecule has 0 bridgehead atoms. The summed E-state index contributed by atoms with van der Waals surface area (Å²) in [6, 6.07) is 19.5. The summed E-state index contributed by atoms with van der Waals surface area (Å²) in [7, 11) is 6.10. The highest BCUT2D eigenvalue weighted by molar-refractivity contribution is 5.80. The smallest absolute Gasteiger partial charge is 0.193 e. The molecule has 0 saturated carbocycles. The summed E-state index contributed by atoms with van der Waals surface area (Å²) in [5.74, 6) is 1.60. The highest BCUT2D eigenvalue weighted by atomic mass is 15.3. The molecule has 4 nitrogen and oxygen atoms in total. The lowest BCUT2D eigenvalue weighted by Gasteiger charge is -2.23. The van der Waals surface area contributed by atoms with E-state index in [4.69, 9.17) is 0 Å². The van der Waals surface area contributed by atoms with Crippen LogP contribution >= 0.6 is 0 Å². The van der Waals surface area contributed by atoms with Crippen LogP contribution in [0.3, 0.4) is 0 Å². The molecule has 1 aliphatic heterocycles. The van der Waals surface area contributed by atoms with Crippen LogP contribution in [0, 0.1) is 0 Å². The minimum Gasteiger partial charge on any atom is -0.352 e. The van der Waals surface area contributed by atoms with Crippen molar-refractivity contribution in [3.63, 3.8) is 0 Å². The van der Waals surface area contributed by atoms with Crippen LogP contribution in [-0.2, 0) is 13.1 Å². The highest BCUT2D eigenvalue weighted by Crippen LogP contribution is 2.26. The van der Waals surface area contributed by atoms with E-state index in [9.17, 15) is 0 Å². The summed E-state index contributed by atoms with van der Waals surface area (Å²) in [6.07, 6.45) is 1.18. The fourth-order valence-corrected chi connectivity index (χ4v) is 3.68. The van der Waals surface area contributed by atoms with Gasteiger partial charge in [0.1, 0.15) is 0 Å². The molecule has 0 aliphatic carbocycles. The van der Waals surface area contributed by atoms with Crippen molar-refractivity contribution in [3.05, 3.63) is 71.3 Å². The number of hydrogen-bond acceptors (Lipinski definition) is 2. The first kappa shape index (κ1) is 18.5. The third kappa shape index (κ3) is 4.64. The van der Waals surface area contributed by atoms with Crippen molar-refractivity contribution in [2.75, 3.05) is 34.2 Å². The summed E-state index contributed by atoms with van der Waals surface area (Å²) >= 11 is 0. The Hall–Kier alpha value is -2.33. The largest absolute Gasteiger partial charge is 0.352 e. The number of likely N-dealkylation sites (tertiary alicyclic amines) is 1. The molecule has 1 saturated heterocycles. The van der Waals surface area contributed by atoms with E-state index < -0.39 is 0 Å². The fourth-order valence-electron chi connectivity index (χ4n) is 3.68. The Morgan fingerprint density at radius 1 is 1.08 bits per heavy atom. The van der Waals surface area contributed by atoms with Gasteiger partial charge in [-0.1, -0.05) is 54.6 Å². The van der Waals surface area contributed by atoms with Gasteiger partial charge in [0, 0.05) is 39.1 Å². The van der Waals surface area contributed by atoms with Crippen molar-refractivity contribution >= 4 is 5.96 Å². The lowest BCUT2D eigenvalue weighted by Crippen LogP contribution is -2.39. The van der Waals surface area contributed by atoms with Crippen molar-refractivity contribution in [2.45, 2.75) is 25.4 Å². The molecule has 1 heterocycles. The van der Waals surface area contributed by atoms with Gasteiger partial charge in [0.15, 0.2) is 5.96 Å². The molecule has 4 heteroatoms.